The summed E-state index contributed by atoms with van der Waals surface area (Å²) in [6.45, 7) is 0.647. The molecule has 0 atom stereocenters. The second-order valence-corrected chi connectivity index (χ2v) is 6.35. The maximum atomic E-state index is 12.0. The maximum absolute atomic E-state index is 12.0. The van der Waals surface area contributed by atoms with Crippen LogP contribution in [0, 0.1) is 5.92 Å². The molecule has 1 aliphatic carbocycles. The highest BCUT2D eigenvalue weighted by Crippen LogP contribution is 2.25. The van der Waals surface area contributed by atoms with Crippen molar-refractivity contribution in [2.75, 3.05) is 0 Å². The van der Waals surface area contributed by atoms with Gasteiger partial charge >= 0.3 is 0 Å². The molecule has 110 valence electrons. The van der Waals surface area contributed by atoms with Crippen LogP contribution in [-0.2, 0) is 16.7 Å². The van der Waals surface area contributed by atoms with Gasteiger partial charge in [0.25, 0.3) is 0 Å². The third kappa shape index (κ3) is 5.28. The fourth-order valence-corrected chi connectivity index (χ4v) is 3.22. The molecule has 0 spiro atoms. The molecule has 0 radical (unpaired) electrons. The molecule has 0 bridgehead atoms. The minimum absolute atomic E-state index is 0.210. The molecule has 0 heterocycles. The van der Waals surface area contributed by atoms with E-state index in [2.05, 4.69) is 45.5 Å². The van der Waals surface area contributed by atoms with E-state index in [4.69, 9.17) is 0 Å². The average Bonchev–Trinajstić information content (AvgIpc) is 2.74. The number of alkyl halides is 1. The number of carbonyl (C=O) groups is 1. The van der Waals surface area contributed by atoms with Crippen LogP contribution >= 0.6 is 15.9 Å². The number of hydrogen-bond acceptors (Lipinski definition) is 1. The van der Waals surface area contributed by atoms with E-state index in [0.29, 0.717) is 18.9 Å². The lowest BCUT2D eigenvalue weighted by Gasteiger charge is -2.13. The summed E-state index contributed by atoms with van der Waals surface area (Å²) >= 11 is 3.44. The number of hydrogen-bond donors (Lipinski definition) is 1. The van der Waals surface area contributed by atoms with Crippen molar-refractivity contribution in [3.8, 4) is 0 Å². The van der Waals surface area contributed by atoms with E-state index in [1.807, 2.05) is 0 Å². The summed E-state index contributed by atoms with van der Waals surface area (Å²) in [7, 11) is 0. The number of amides is 1. The normalized spacial score (nSPS) is 16.6. The van der Waals surface area contributed by atoms with Crippen molar-refractivity contribution < 1.29 is 4.79 Å². The Hall–Kier alpha value is -0.830. The molecule has 1 aliphatic rings. The Morgan fingerprint density at radius 2 is 1.65 bits per heavy atom. The Morgan fingerprint density at radius 3 is 2.25 bits per heavy atom. The van der Waals surface area contributed by atoms with Crippen LogP contribution < -0.4 is 5.32 Å². The molecule has 0 saturated heterocycles. The van der Waals surface area contributed by atoms with Crippen LogP contribution in [0.4, 0.5) is 0 Å². The highest BCUT2D eigenvalue weighted by molar-refractivity contribution is 9.08. The molecule has 1 N–H and O–H groups in total. The van der Waals surface area contributed by atoms with Gasteiger partial charge < -0.3 is 5.32 Å². The summed E-state index contributed by atoms with van der Waals surface area (Å²) < 4.78 is 0. The van der Waals surface area contributed by atoms with Crippen LogP contribution in [0.5, 0.6) is 0 Å². The molecule has 3 heteroatoms. The zero-order valence-corrected chi connectivity index (χ0v) is 13.6. The quantitative estimate of drug-likeness (QED) is 0.619. The van der Waals surface area contributed by atoms with Gasteiger partial charge in [0.2, 0.25) is 5.91 Å². The van der Waals surface area contributed by atoms with Gasteiger partial charge in [-0.2, -0.15) is 0 Å². The Morgan fingerprint density at radius 1 is 1.05 bits per heavy atom. The molecule has 1 aromatic carbocycles. The van der Waals surface area contributed by atoms with Crippen LogP contribution in [-0.4, -0.2) is 5.91 Å². The number of nitrogens with one attached hydrogen (secondary N) is 1. The van der Waals surface area contributed by atoms with Gasteiger partial charge in [-0.15, -0.1) is 0 Å². The summed E-state index contributed by atoms with van der Waals surface area (Å²) in [4.78, 5) is 12.0. The van der Waals surface area contributed by atoms with Crippen LogP contribution in [0.25, 0.3) is 0 Å². The Labute approximate surface area is 130 Å². The fraction of sp³-hybridized carbons (Fsp3) is 0.588. The highest BCUT2D eigenvalue weighted by Gasteiger charge is 2.15. The summed E-state index contributed by atoms with van der Waals surface area (Å²) in [5, 5.41) is 3.93. The molecule has 0 unspecified atom stereocenters. The van der Waals surface area contributed by atoms with E-state index in [0.717, 1.165) is 5.33 Å². The largest absolute Gasteiger partial charge is 0.352 e. The molecule has 2 nitrogen and oxygen atoms in total. The highest BCUT2D eigenvalue weighted by atomic mass is 79.9. The van der Waals surface area contributed by atoms with Crippen LogP contribution in [0.3, 0.4) is 0 Å². The van der Waals surface area contributed by atoms with Gasteiger partial charge in [-0.1, -0.05) is 65.9 Å². The van der Waals surface area contributed by atoms with Crippen LogP contribution in [0.15, 0.2) is 24.3 Å². The third-order valence-electron chi connectivity index (χ3n) is 4.12. The van der Waals surface area contributed by atoms with E-state index < -0.39 is 0 Å². The molecule has 2 rings (SSSR count). The number of benzene rings is 1. The van der Waals surface area contributed by atoms with Crippen molar-refractivity contribution in [2.24, 2.45) is 5.92 Å². The molecule has 1 amide bonds. The van der Waals surface area contributed by atoms with Crippen molar-refractivity contribution in [1.82, 2.24) is 5.32 Å². The summed E-state index contributed by atoms with van der Waals surface area (Å²) in [5.74, 6) is 0.815. The first-order valence-electron chi connectivity index (χ1n) is 7.68. The summed E-state index contributed by atoms with van der Waals surface area (Å²) in [5.41, 5.74) is 2.43. The zero-order chi connectivity index (χ0) is 14.2. The van der Waals surface area contributed by atoms with Crippen LogP contribution in [0.2, 0.25) is 0 Å². The average molecular weight is 338 g/mol. The lowest BCUT2D eigenvalue weighted by Crippen LogP contribution is -2.25. The minimum atomic E-state index is 0.210. The van der Waals surface area contributed by atoms with Crippen molar-refractivity contribution in [3.63, 3.8) is 0 Å². The van der Waals surface area contributed by atoms with Gasteiger partial charge in [0.15, 0.2) is 0 Å². The molecule has 1 fully saturated rings. The lowest BCUT2D eigenvalue weighted by atomic mass is 9.96. The molecule has 20 heavy (non-hydrogen) atoms. The van der Waals surface area contributed by atoms with E-state index >= 15 is 0 Å². The Bertz CT molecular complexity index is 408. The van der Waals surface area contributed by atoms with Gasteiger partial charge in [0, 0.05) is 18.3 Å². The molecule has 0 aromatic heterocycles. The number of halogens is 1. The first-order valence-corrected chi connectivity index (χ1v) is 8.80. The van der Waals surface area contributed by atoms with Gasteiger partial charge in [0.05, 0.1) is 0 Å². The van der Waals surface area contributed by atoms with Gasteiger partial charge in [-0.25, -0.2) is 0 Å². The summed E-state index contributed by atoms with van der Waals surface area (Å²) in [6.07, 6.45) is 8.45. The predicted molar refractivity (Wildman–Crippen MR) is 86.7 cm³/mol. The van der Waals surface area contributed by atoms with Crippen molar-refractivity contribution in [1.29, 1.82) is 0 Å². The van der Waals surface area contributed by atoms with E-state index in [-0.39, 0.29) is 5.91 Å². The summed E-state index contributed by atoms with van der Waals surface area (Å²) in [6, 6.07) is 8.37. The SMILES string of the molecule is O=C(CC1CCCCCC1)NCc1ccc(CBr)cc1. The fourth-order valence-electron chi connectivity index (χ4n) is 2.85. The second-order valence-electron chi connectivity index (χ2n) is 5.79. The molecule has 1 aromatic rings. The van der Waals surface area contributed by atoms with Gasteiger partial charge in [-0.3, -0.25) is 4.79 Å². The van der Waals surface area contributed by atoms with Gasteiger partial charge in [-0.05, 0) is 29.9 Å². The smallest absolute Gasteiger partial charge is 0.220 e. The molecule has 1 saturated carbocycles. The second kappa shape index (κ2) is 8.46. The number of carbonyl (C=O) groups excluding carboxylic acids is 1. The van der Waals surface area contributed by atoms with E-state index in [9.17, 15) is 4.79 Å². The van der Waals surface area contributed by atoms with E-state index in [1.165, 1.54) is 49.7 Å². The zero-order valence-electron chi connectivity index (χ0n) is 12.0. The van der Waals surface area contributed by atoms with Crippen molar-refractivity contribution >= 4 is 21.8 Å². The van der Waals surface area contributed by atoms with Crippen LogP contribution in [0.1, 0.15) is 56.1 Å². The molecular weight excluding hydrogens is 314 g/mol. The maximum Gasteiger partial charge on any atom is 0.220 e. The Kier molecular flexibility index (Phi) is 6.58. The van der Waals surface area contributed by atoms with Crippen molar-refractivity contribution in [3.05, 3.63) is 35.4 Å². The minimum Gasteiger partial charge on any atom is -0.352 e. The lowest BCUT2D eigenvalue weighted by molar-refractivity contribution is -0.122. The monoisotopic (exact) mass is 337 g/mol. The third-order valence-corrected chi connectivity index (χ3v) is 4.76. The topological polar surface area (TPSA) is 29.1 Å². The number of rotatable bonds is 5. The van der Waals surface area contributed by atoms with Gasteiger partial charge in [0.1, 0.15) is 0 Å². The van der Waals surface area contributed by atoms with Crippen molar-refractivity contribution in [2.45, 2.75) is 56.8 Å². The first-order chi connectivity index (χ1) is 9.78. The Balaban J connectivity index is 1.73. The molecular formula is C17H24BrNO. The predicted octanol–water partition coefficient (Wildman–Crippen LogP) is 4.56. The van der Waals surface area contributed by atoms with E-state index in [1.54, 1.807) is 0 Å². The first kappa shape index (κ1) is 15.6. The molecule has 0 aliphatic heterocycles. The standard InChI is InChI=1S/C17H24BrNO/c18-12-15-7-9-16(10-8-15)13-19-17(20)11-14-5-3-1-2-4-6-14/h7-10,14H,1-6,11-13H2,(H,19,20).